The Hall–Kier alpha value is -1.61. The summed E-state index contributed by atoms with van der Waals surface area (Å²) in [5.41, 5.74) is 3.77. The zero-order valence-corrected chi connectivity index (χ0v) is 12.2. The molecule has 3 heteroatoms. The Kier molecular flexibility index (Phi) is 4.38. The normalized spacial score (nSPS) is 12.9. The summed E-state index contributed by atoms with van der Waals surface area (Å²) in [7, 11) is 0. The molecule has 2 rings (SSSR count). The van der Waals surface area contributed by atoms with Crippen molar-refractivity contribution in [3.05, 3.63) is 53.3 Å². The quantitative estimate of drug-likeness (QED) is 0.886. The molecule has 0 bridgehead atoms. The average molecular weight is 257 g/mol. The zero-order chi connectivity index (χ0) is 13.8. The molecule has 0 aliphatic carbocycles. The predicted octanol–water partition coefficient (Wildman–Crippen LogP) is 3.62. The number of rotatable bonds is 5. The molecule has 0 amide bonds. The molecule has 19 heavy (non-hydrogen) atoms. The van der Waals surface area contributed by atoms with Crippen molar-refractivity contribution in [2.24, 2.45) is 0 Å². The fourth-order valence-corrected chi connectivity index (χ4v) is 2.20. The van der Waals surface area contributed by atoms with Crippen LogP contribution in [0.2, 0.25) is 0 Å². The van der Waals surface area contributed by atoms with Crippen LogP contribution in [-0.4, -0.2) is 9.78 Å². The zero-order valence-electron chi connectivity index (χ0n) is 12.2. The van der Waals surface area contributed by atoms with Gasteiger partial charge in [-0.1, -0.05) is 24.3 Å². The van der Waals surface area contributed by atoms with Crippen LogP contribution < -0.4 is 5.32 Å². The van der Waals surface area contributed by atoms with Crippen molar-refractivity contribution in [2.75, 3.05) is 0 Å². The van der Waals surface area contributed by atoms with Crippen LogP contribution in [0.15, 0.2) is 36.5 Å². The Morgan fingerprint density at radius 2 is 1.89 bits per heavy atom. The van der Waals surface area contributed by atoms with Crippen LogP contribution in [0.25, 0.3) is 0 Å². The van der Waals surface area contributed by atoms with Crippen molar-refractivity contribution in [1.82, 2.24) is 15.1 Å². The van der Waals surface area contributed by atoms with Gasteiger partial charge in [-0.05, 0) is 44.9 Å². The fraction of sp³-hybridized carbons (Fsp3) is 0.438. The van der Waals surface area contributed by atoms with Crippen molar-refractivity contribution >= 4 is 0 Å². The lowest BCUT2D eigenvalue weighted by molar-refractivity contribution is 0.511. The van der Waals surface area contributed by atoms with Crippen LogP contribution in [0.1, 0.15) is 49.7 Å². The van der Waals surface area contributed by atoms with Crippen molar-refractivity contribution in [1.29, 1.82) is 0 Å². The summed E-state index contributed by atoms with van der Waals surface area (Å²) in [6, 6.07) is 11.3. The molecular formula is C16H23N3. The molecule has 2 aromatic rings. The highest BCUT2D eigenvalue weighted by molar-refractivity contribution is 5.28. The molecule has 0 saturated carbocycles. The SMILES string of the molecule is Cc1ccccc1C(C)NCc1ccn(C(C)C)n1. The van der Waals surface area contributed by atoms with E-state index < -0.39 is 0 Å². The second kappa shape index (κ2) is 6.02. The number of aromatic nitrogens is 2. The van der Waals surface area contributed by atoms with Gasteiger partial charge in [-0.25, -0.2) is 0 Å². The lowest BCUT2D eigenvalue weighted by Gasteiger charge is -2.15. The van der Waals surface area contributed by atoms with Crippen LogP contribution in [0.5, 0.6) is 0 Å². The maximum absolute atomic E-state index is 4.55. The van der Waals surface area contributed by atoms with E-state index >= 15 is 0 Å². The molecule has 0 aliphatic rings. The molecule has 0 saturated heterocycles. The van der Waals surface area contributed by atoms with E-state index in [2.05, 4.69) is 68.4 Å². The highest BCUT2D eigenvalue weighted by Crippen LogP contribution is 2.17. The van der Waals surface area contributed by atoms with Crippen molar-refractivity contribution < 1.29 is 0 Å². The predicted molar refractivity (Wildman–Crippen MR) is 79.0 cm³/mol. The monoisotopic (exact) mass is 257 g/mol. The molecule has 0 fully saturated rings. The standard InChI is InChI=1S/C16H23N3/c1-12(2)19-10-9-15(18-19)11-17-14(4)16-8-6-5-7-13(16)3/h5-10,12,14,17H,11H2,1-4H3. The topological polar surface area (TPSA) is 29.9 Å². The molecule has 1 atom stereocenters. The van der Waals surface area contributed by atoms with Gasteiger partial charge in [0, 0.05) is 24.8 Å². The first-order chi connectivity index (χ1) is 9.08. The van der Waals surface area contributed by atoms with Crippen LogP contribution in [-0.2, 0) is 6.54 Å². The number of aryl methyl sites for hydroxylation is 1. The minimum absolute atomic E-state index is 0.338. The third kappa shape index (κ3) is 3.44. The largest absolute Gasteiger partial charge is 0.304 e. The first-order valence-electron chi connectivity index (χ1n) is 6.91. The summed E-state index contributed by atoms with van der Waals surface area (Å²) < 4.78 is 2.00. The van der Waals surface area contributed by atoms with Crippen molar-refractivity contribution in [2.45, 2.75) is 46.3 Å². The summed E-state index contributed by atoms with van der Waals surface area (Å²) in [6.45, 7) is 9.43. The maximum atomic E-state index is 4.55. The van der Waals surface area contributed by atoms with Gasteiger partial charge in [0.15, 0.2) is 0 Å². The Morgan fingerprint density at radius 3 is 2.53 bits per heavy atom. The molecule has 1 unspecified atom stereocenters. The molecule has 1 heterocycles. The number of nitrogens with one attached hydrogen (secondary N) is 1. The van der Waals surface area contributed by atoms with Gasteiger partial charge in [0.2, 0.25) is 0 Å². The molecule has 1 aromatic heterocycles. The third-order valence-electron chi connectivity index (χ3n) is 3.44. The summed E-state index contributed by atoms with van der Waals surface area (Å²) in [5.74, 6) is 0. The van der Waals surface area contributed by atoms with E-state index in [4.69, 9.17) is 0 Å². The highest BCUT2D eigenvalue weighted by atomic mass is 15.3. The van der Waals surface area contributed by atoms with E-state index in [1.165, 1.54) is 11.1 Å². The van der Waals surface area contributed by atoms with Crippen LogP contribution in [0.4, 0.5) is 0 Å². The molecule has 0 aliphatic heterocycles. The first-order valence-corrected chi connectivity index (χ1v) is 6.91. The number of hydrogen-bond acceptors (Lipinski definition) is 2. The molecule has 1 aromatic carbocycles. The third-order valence-corrected chi connectivity index (χ3v) is 3.44. The summed E-state index contributed by atoms with van der Waals surface area (Å²) in [5, 5.41) is 8.08. The smallest absolute Gasteiger partial charge is 0.0762 e. The Bertz CT molecular complexity index is 528. The van der Waals surface area contributed by atoms with E-state index in [-0.39, 0.29) is 0 Å². The Labute approximate surface area is 115 Å². The van der Waals surface area contributed by atoms with Gasteiger partial charge >= 0.3 is 0 Å². The highest BCUT2D eigenvalue weighted by Gasteiger charge is 2.08. The molecule has 0 spiro atoms. The van der Waals surface area contributed by atoms with Gasteiger partial charge in [0.1, 0.15) is 0 Å². The second-order valence-electron chi connectivity index (χ2n) is 5.34. The molecule has 1 N–H and O–H groups in total. The minimum atomic E-state index is 0.338. The van der Waals surface area contributed by atoms with Gasteiger partial charge in [-0.15, -0.1) is 0 Å². The van der Waals surface area contributed by atoms with E-state index in [0.717, 1.165) is 12.2 Å². The van der Waals surface area contributed by atoms with E-state index in [1.54, 1.807) is 0 Å². The molecule has 3 nitrogen and oxygen atoms in total. The minimum Gasteiger partial charge on any atom is -0.304 e. The van der Waals surface area contributed by atoms with E-state index in [1.807, 2.05) is 10.9 Å². The lowest BCUT2D eigenvalue weighted by Crippen LogP contribution is -2.19. The number of benzene rings is 1. The van der Waals surface area contributed by atoms with Crippen LogP contribution >= 0.6 is 0 Å². The van der Waals surface area contributed by atoms with Gasteiger partial charge in [-0.2, -0.15) is 5.10 Å². The molecule has 102 valence electrons. The van der Waals surface area contributed by atoms with Gasteiger partial charge < -0.3 is 5.32 Å². The number of hydrogen-bond donors (Lipinski definition) is 1. The Morgan fingerprint density at radius 1 is 1.16 bits per heavy atom. The van der Waals surface area contributed by atoms with Crippen molar-refractivity contribution in [3.63, 3.8) is 0 Å². The maximum Gasteiger partial charge on any atom is 0.0762 e. The average Bonchev–Trinajstić information content (AvgIpc) is 2.85. The van der Waals surface area contributed by atoms with E-state index in [9.17, 15) is 0 Å². The van der Waals surface area contributed by atoms with Gasteiger partial charge in [-0.3, -0.25) is 4.68 Å². The fourth-order valence-electron chi connectivity index (χ4n) is 2.20. The summed E-state index contributed by atoms with van der Waals surface area (Å²) >= 11 is 0. The molecular weight excluding hydrogens is 234 g/mol. The first kappa shape index (κ1) is 13.8. The summed E-state index contributed by atoms with van der Waals surface area (Å²) in [4.78, 5) is 0. The lowest BCUT2D eigenvalue weighted by atomic mass is 10.0. The van der Waals surface area contributed by atoms with E-state index in [0.29, 0.717) is 12.1 Å². The summed E-state index contributed by atoms with van der Waals surface area (Å²) in [6.07, 6.45) is 2.04. The second-order valence-corrected chi connectivity index (χ2v) is 5.34. The van der Waals surface area contributed by atoms with Gasteiger partial charge in [0.05, 0.1) is 5.69 Å². The Balaban J connectivity index is 1.96. The van der Waals surface area contributed by atoms with Gasteiger partial charge in [0.25, 0.3) is 0 Å². The van der Waals surface area contributed by atoms with Crippen molar-refractivity contribution in [3.8, 4) is 0 Å². The van der Waals surface area contributed by atoms with Crippen LogP contribution in [0.3, 0.4) is 0 Å². The number of nitrogens with zero attached hydrogens (tertiary/aromatic N) is 2. The molecule has 0 radical (unpaired) electrons. The van der Waals surface area contributed by atoms with Crippen LogP contribution in [0, 0.1) is 6.92 Å².